The molecule has 4 aliphatic rings. The van der Waals surface area contributed by atoms with Crippen molar-refractivity contribution >= 4 is 78.7 Å². The van der Waals surface area contributed by atoms with Gasteiger partial charge >= 0.3 is 0 Å². The van der Waals surface area contributed by atoms with Crippen LogP contribution in [0.25, 0.3) is 0 Å². The van der Waals surface area contributed by atoms with Gasteiger partial charge in [0.2, 0.25) is 23.6 Å². The first-order chi connectivity index (χ1) is 36.7. The minimum absolute atomic E-state index is 0. The van der Waals surface area contributed by atoms with Gasteiger partial charge in [0.05, 0.1) is 41.8 Å². The lowest BCUT2D eigenvalue weighted by molar-refractivity contribution is -0.144. The van der Waals surface area contributed by atoms with Crippen molar-refractivity contribution in [2.24, 2.45) is 0 Å². The van der Waals surface area contributed by atoms with Gasteiger partial charge < -0.3 is 29.6 Å². The van der Waals surface area contributed by atoms with Crippen molar-refractivity contribution in [1.29, 1.82) is 0 Å². The summed E-state index contributed by atoms with van der Waals surface area (Å²) >= 11 is 19.9. The molecule has 0 saturated carbocycles. The molecule has 6 heterocycles. The van der Waals surface area contributed by atoms with Crippen LogP contribution >= 0.6 is 55.1 Å². The van der Waals surface area contributed by atoms with E-state index in [1.165, 1.54) is 22.3 Å². The summed E-state index contributed by atoms with van der Waals surface area (Å²) < 4.78 is 5.84. The van der Waals surface area contributed by atoms with Gasteiger partial charge in [-0.25, -0.2) is 9.97 Å². The summed E-state index contributed by atoms with van der Waals surface area (Å²) in [6, 6.07) is 15.0. The summed E-state index contributed by atoms with van der Waals surface area (Å²) in [7, 11) is 0. The Morgan fingerprint density at radius 2 is 1.09 bits per heavy atom. The Balaban J connectivity index is 0.000000220. The van der Waals surface area contributed by atoms with Crippen molar-refractivity contribution in [2.75, 3.05) is 52.4 Å². The van der Waals surface area contributed by atoms with E-state index in [1.54, 1.807) is 28.7 Å². The van der Waals surface area contributed by atoms with Gasteiger partial charge in [-0.3, -0.25) is 38.9 Å². The van der Waals surface area contributed by atoms with E-state index in [-0.39, 0.29) is 50.6 Å². The van der Waals surface area contributed by atoms with Gasteiger partial charge in [-0.05, 0) is 141 Å². The molecule has 20 heteroatoms. The Morgan fingerprint density at radius 1 is 0.615 bits per heavy atom. The molecule has 2 fully saturated rings. The molecule has 6 aromatic rings. The van der Waals surface area contributed by atoms with E-state index in [0.29, 0.717) is 88.3 Å². The predicted molar refractivity (Wildman–Crippen MR) is 313 cm³/mol. The monoisotopic (exact) mass is 1230 g/mol. The van der Waals surface area contributed by atoms with Crippen LogP contribution in [-0.4, -0.2) is 137 Å². The number of pyridine rings is 2. The largest absolute Gasteiger partial charge is 0.352 e. The highest BCUT2D eigenvalue weighted by Gasteiger charge is 2.42. The van der Waals surface area contributed by atoms with Gasteiger partial charge in [0, 0.05) is 128 Å². The number of hydrogen-bond acceptors (Lipinski definition) is 10. The van der Waals surface area contributed by atoms with Gasteiger partial charge in [0.25, 0.3) is 0 Å². The number of aromatic nitrogens is 6. The number of piperazine rings is 2. The SMILES string of the molecule is C.C.CCC(=O)N1CCN(C2c3ccc(Cl)cc3CCc3cc(Br)cnc32)C[C@@H]1C(=O)NCCn1cnc(C)c1.CCC(=O)N1CCN(C2c3ccc(Cl)cc3CCc3cc(Br)cnc32)C[C@@H]1C(=O)NCCn1cncc1C. The molecule has 10 rings (SSSR count). The van der Waals surface area contributed by atoms with Crippen LogP contribution in [-0.2, 0) is 58.0 Å². The minimum Gasteiger partial charge on any atom is -0.352 e. The summed E-state index contributed by atoms with van der Waals surface area (Å²) in [5.74, 6) is -0.290. The number of fused-ring (bicyclic) bond motifs is 4. The normalized spacial score (nSPS) is 18.9. The third-order valence-corrected chi connectivity index (χ3v) is 16.3. The highest BCUT2D eigenvalue weighted by molar-refractivity contribution is 9.10. The predicted octanol–water partition coefficient (Wildman–Crippen LogP) is 9.13. The molecule has 0 radical (unpaired) electrons. The number of hydrogen-bond donors (Lipinski definition) is 2. The molecule has 0 spiro atoms. The molecule has 2 saturated heterocycles. The molecular weight excluding hydrogens is 1160 g/mol. The maximum absolute atomic E-state index is 13.5. The quantitative estimate of drug-likeness (QED) is 0.121. The Labute approximate surface area is 486 Å². The summed E-state index contributed by atoms with van der Waals surface area (Å²) in [4.78, 5) is 79.0. The fourth-order valence-electron chi connectivity index (χ4n) is 11.2. The molecule has 2 aromatic carbocycles. The van der Waals surface area contributed by atoms with Crippen molar-refractivity contribution in [1.82, 2.24) is 59.3 Å². The van der Waals surface area contributed by atoms with E-state index >= 15 is 0 Å². The van der Waals surface area contributed by atoms with Crippen molar-refractivity contribution in [3.05, 3.63) is 161 Å². The Bertz CT molecular complexity index is 2990. The summed E-state index contributed by atoms with van der Waals surface area (Å²) in [5.41, 5.74) is 11.0. The lowest BCUT2D eigenvalue weighted by atomic mass is 9.95. The number of imidazole rings is 2. The van der Waals surface area contributed by atoms with Crippen LogP contribution in [0.3, 0.4) is 0 Å². The van der Waals surface area contributed by atoms with Crippen LogP contribution in [0.4, 0.5) is 0 Å². The summed E-state index contributed by atoms with van der Waals surface area (Å²) in [6.45, 7) is 12.9. The number of aryl methyl sites for hydroxylation is 6. The molecule has 2 N–H and O–H groups in total. The van der Waals surface area contributed by atoms with Gasteiger partial charge in [-0.1, -0.05) is 64.0 Å². The second-order valence-electron chi connectivity index (χ2n) is 19.9. The van der Waals surface area contributed by atoms with Crippen LogP contribution in [0, 0.1) is 13.8 Å². The Hall–Kier alpha value is -5.50. The first-order valence-electron chi connectivity index (χ1n) is 26.1. The maximum atomic E-state index is 13.5. The first-order valence-corrected chi connectivity index (χ1v) is 28.5. The number of nitrogens with zero attached hydrogens (tertiary/aromatic N) is 10. The van der Waals surface area contributed by atoms with E-state index in [4.69, 9.17) is 33.2 Å². The second-order valence-corrected chi connectivity index (χ2v) is 22.6. The molecule has 4 aromatic heterocycles. The second kappa shape index (κ2) is 27.1. The topological polar surface area (TPSA) is 167 Å². The molecule has 416 valence electrons. The van der Waals surface area contributed by atoms with E-state index < -0.39 is 12.1 Å². The zero-order chi connectivity index (χ0) is 53.6. The highest BCUT2D eigenvalue weighted by atomic mass is 79.9. The molecule has 0 bridgehead atoms. The number of halogens is 4. The lowest BCUT2D eigenvalue weighted by Crippen LogP contribution is -2.61. The van der Waals surface area contributed by atoms with Crippen molar-refractivity contribution in [2.45, 2.75) is 118 Å². The molecule has 4 atom stereocenters. The highest BCUT2D eigenvalue weighted by Crippen LogP contribution is 2.40. The smallest absolute Gasteiger partial charge is 0.244 e. The van der Waals surface area contributed by atoms with Crippen LogP contribution in [0.1, 0.15) is 110 Å². The molecule has 16 nitrogen and oxygen atoms in total. The number of nitrogens with one attached hydrogen (secondary N) is 2. The standard InChI is InChI=1S/2C28H32BrClN6O2.2CH4/c1-3-25(37)36-11-10-35(16-24(36)28(38)31-8-9-34-15-18(2)33-17-34)27-23-7-6-22(30)13-19(23)4-5-20-12-21(29)14-32-26(20)27;1-3-25(37)36-11-10-34(16-24(36)28(38)32-8-9-35-17-31-14-18(35)2)27-23-7-6-22(30)13-19(23)4-5-20-12-21(29)15-33-26(20)27;;/h6-7,12-15,17,24,27H,3-5,8-11,16H2,1-2H3,(H,31,38);6-7,12-15,17,24,27H,3-5,8-11,16H2,1-2H3,(H,32,38);2*1H4/t2*24-,27?;;/m11../s1. The van der Waals surface area contributed by atoms with Crippen molar-refractivity contribution < 1.29 is 19.2 Å². The number of benzene rings is 2. The number of carbonyl (C=O) groups is 4. The average Bonchev–Trinajstić information content (AvgIpc) is 3.95. The average molecular weight is 1230 g/mol. The molecule has 78 heavy (non-hydrogen) atoms. The van der Waals surface area contributed by atoms with Crippen molar-refractivity contribution in [3.63, 3.8) is 0 Å². The number of amides is 4. The summed E-state index contributed by atoms with van der Waals surface area (Å²) in [6.07, 6.45) is 15.1. The Morgan fingerprint density at radius 3 is 1.53 bits per heavy atom. The molecule has 2 aliphatic carbocycles. The van der Waals surface area contributed by atoms with E-state index in [1.807, 2.05) is 79.7 Å². The molecular formula is C58H72Br2Cl2N12O4. The molecule has 2 unspecified atom stereocenters. The van der Waals surface area contributed by atoms with Gasteiger partial charge in [-0.15, -0.1) is 0 Å². The van der Waals surface area contributed by atoms with Gasteiger partial charge in [0.1, 0.15) is 12.1 Å². The van der Waals surface area contributed by atoms with E-state index in [0.717, 1.165) is 68.5 Å². The van der Waals surface area contributed by atoms with Crippen LogP contribution < -0.4 is 10.6 Å². The minimum atomic E-state index is -0.585. The number of carbonyl (C=O) groups excluding carboxylic acids is 4. The van der Waals surface area contributed by atoms with Gasteiger partial charge in [0.15, 0.2) is 0 Å². The molecule has 2 aliphatic heterocycles. The Kier molecular flexibility index (Phi) is 20.9. The zero-order valence-corrected chi connectivity index (χ0v) is 48.0. The maximum Gasteiger partial charge on any atom is 0.244 e. The lowest BCUT2D eigenvalue weighted by Gasteiger charge is -2.44. The fraction of sp³-hybridized carbons (Fsp3) is 0.448. The van der Waals surface area contributed by atoms with Gasteiger partial charge in [-0.2, -0.15) is 0 Å². The zero-order valence-electron chi connectivity index (χ0n) is 43.3. The van der Waals surface area contributed by atoms with Crippen molar-refractivity contribution in [3.8, 4) is 0 Å². The number of rotatable bonds is 12. The summed E-state index contributed by atoms with van der Waals surface area (Å²) in [5, 5.41) is 7.56. The fourth-order valence-corrected chi connectivity index (χ4v) is 12.3. The third-order valence-electron chi connectivity index (χ3n) is 15.0. The van der Waals surface area contributed by atoms with Crippen LogP contribution in [0.2, 0.25) is 10.0 Å². The van der Waals surface area contributed by atoms with Crippen LogP contribution in [0.5, 0.6) is 0 Å². The van der Waals surface area contributed by atoms with E-state index in [9.17, 15) is 19.2 Å². The molecule has 4 amide bonds. The van der Waals surface area contributed by atoms with Crippen LogP contribution in [0.15, 0.2) is 94.9 Å². The third kappa shape index (κ3) is 13.7. The van der Waals surface area contributed by atoms with E-state index in [2.05, 4.69) is 86.5 Å². The first kappa shape index (κ1) is 60.1.